The van der Waals surface area contributed by atoms with Gasteiger partial charge in [0.15, 0.2) is 5.82 Å². The molecule has 2 rings (SSSR count). The monoisotopic (exact) mass is 265 g/mol. The van der Waals surface area contributed by atoms with Crippen LogP contribution < -0.4 is 5.73 Å². The third kappa shape index (κ3) is 4.30. The molecule has 0 aliphatic heterocycles. The molecule has 0 aromatic carbocycles. The van der Waals surface area contributed by atoms with Gasteiger partial charge in [0.1, 0.15) is 0 Å². The first-order valence-electron chi connectivity index (χ1n) is 7.71. The van der Waals surface area contributed by atoms with E-state index in [1.807, 2.05) is 0 Å². The van der Waals surface area contributed by atoms with Crippen LogP contribution in [0, 0.1) is 11.8 Å². The van der Waals surface area contributed by atoms with E-state index in [4.69, 9.17) is 10.3 Å². The van der Waals surface area contributed by atoms with Crippen LogP contribution in [-0.4, -0.2) is 16.7 Å². The maximum absolute atomic E-state index is 5.56. The van der Waals surface area contributed by atoms with E-state index < -0.39 is 0 Å². The Kier molecular flexibility index (Phi) is 5.37. The lowest BCUT2D eigenvalue weighted by Gasteiger charge is -2.23. The number of rotatable bonds is 6. The molecule has 19 heavy (non-hydrogen) atoms. The van der Waals surface area contributed by atoms with Crippen molar-refractivity contribution in [1.82, 2.24) is 10.1 Å². The largest absolute Gasteiger partial charge is 0.339 e. The lowest BCUT2D eigenvalue weighted by molar-refractivity contribution is 0.318. The standard InChI is InChI=1S/C15H27N3O/c1-11(8-9-16)6-7-14-17-15(18-19-14)13-5-3-4-12(2)10-13/h11-13H,3-10,16H2,1-2H3. The fourth-order valence-electron chi connectivity index (χ4n) is 3.00. The van der Waals surface area contributed by atoms with Crippen LogP contribution in [0.3, 0.4) is 0 Å². The van der Waals surface area contributed by atoms with Crippen molar-refractivity contribution in [2.24, 2.45) is 17.6 Å². The molecule has 1 heterocycles. The number of hydrogen-bond donors (Lipinski definition) is 1. The summed E-state index contributed by atoms with van der Waals surface area (Å²) in [6.07, 6.45) is 8.11. The summed E-state index contributed by atoms with van der Waals surface area (Å²) in [5.74, 6) is 3.69. The second-order valence-corrected chi connectivity index (χ2v) is 6.24. The van der Waals surface area contributed by atoms with Crippen molar-refractivity contribution in [3.05, 3.63) is 11.7 Å². The fraction of sp³-hybridized carbons (Fsp3) is 0.867. The Morgan fingerprint density at radius 3 is 2.95 bits per heavy atom. The average Bonchev–Trinajstić information content (AvgIpc) is 2.85. The molecule has 3 unspecified atom stereocenters. The fourth-order valence-corrected chi connectivity index (χ4v) is 3.00. The van der Waals surface area contributed by atoms with E-state index in [-0.39, 0.29) is 0 Å². The smallest absolute Gasteiger partial charge is 0.226 e. The van der Waals surface area contributed by atoms with Gasteiger partial charge in [-0.1, -0.05) is 31.8 Å². The van der Waals surface area contributed by atoms with Crippen molar-refractivity contribution in [2.75, 3.05) is 6.54 Å². The highest BCUT2D eigenvalue weighted by Crippen LogP contribution is 2.34. The van der Waals surface area contributed by atoms with Crippen molar-refractivity contribution >= 4 is 0 Å². The maximum atomic E-state index is 5.56. The molecule has 4 heteroatoms. The zero-order valence-corrected chi connectivity index (χ0v) is 12.3. The van der Waals surface area contributed by atoms with Gasteiger partial charge >= 0.3 is 0 Å². The Morgan fingerprint density at radius 2 is 2.21 bits per heavy atom. The Hall–Kier alpha value is -0.900. The van der Waals surface area contributed by atoms with Gasteiger partial charge in [0.25, 0.3) is 0 Å². The molecule has 1 aliphatic carbocycles. The van der Waals surface area contributed by atoms with Crippen LogP contribution in [-0.2, 0) is 6.42 Å². The zero-order valence-electron chi connectivity index (χ0n) is 12.3. The highest BCUT2D eigenvalue weighted by atomic mass is 16.5. The normalized spacial score (nSPS) is 25.4. The van der Waals surface area contributed by atoms with Gasteiger partial charge in [-0.05, 0) is 44.1 Å². The number of aryl methyl sites for hydroxylation is 1. The Bertz CT molecular complexity index is 377. The van der Waals surface area contributed by atoms with Crippen LogP contribution in [0.25, 0.3) is 0 Å². The lowest BCUT2D eigenvalue weighted by atomic mass is 9.82. The highest BCUT2D eigenvalue weighted by molar-refractivity contribution is 4.98. The molecule has 1 aromatic rings. The van der Waals surface area contributed by atoms with Gasteiger partial charge in [-0.3, -0.25) is 0 Å². The van der Waals surface area contributed by atoms with Crippen LogP contribution in [0.5, 0.6) is 0 Å². The molecule has 1 fully saturated rings. The van der Waals surface area contributed by atoms with E-state index in [0.717, 1.165) is 43.4 Å². The average molecular weight is 265 g/mol. The van der Waals surface area contributed by atoms with E-state index in [0.29, 0.717) is 11.8 Å². The van der Waals surface area contributed by atoms with Crippen molar-refractivity contribution in [1.29, 1.82) is 0 Å². The number of nitrogens with two attached hydrogens (primary N) is 1. The van der Waals surface area contributed by atoms with Gasteiger partial charge in [-0.15, -0.1) is 0 Å². The molecule has 0 bridgehead atoms. The van der Waals surface area contributed by atoms with Gasteiger partial charge in [0.2, 0.25) is 5.89 Å². The predicted octanol–water partition coefficient (Wildman–Crippen LogP) is 3.28. The molecule has 1 saturated carbocycles. The Balaban J connectivity index is 1.84. The molecule has 0 spiro atoms. The second-order valence-electron chi connectivity index (χ2n) is 6.24. The van der Waals surface area contributed by atoms with Crippen LogP contribution in [0.2, 0.25) is 0 Å². The van der Waals surface area contributed by atoms with E-state index in [1.54, 1.807) is 0 Å². The number of nitrogens with zero attached hydrogens (tertiary/aromatic N) is 2. The first-order valence-corrected chi connectivity index (χ1v) is 7.71. The van der Waals surface area contributed by atoms with Crippen LogP contribution in [0.15, 0.2) is 4.52 Å². The molecular weight excluding hydrogens is 238 g/mol. The molecule has 0 amide bonds. The summed E-state index contributed by atoms with van der Waals surface area (Å²) < 4.78 is 5.39. The van der Waals surface area contributed by atoms with Gasteiger partial charge in [0, 0.05) is 12.3 Å². The summed E-state index contributed by atoms with van der Waals surface area (Å²) in [6.45, 7) is 5.31. The quantitative estimate of drug-likeness (QED) is 0.857. The van der Waals surface area contributed by atoms with Crippen molar-refractivity contribution in [2.45, 2.75) is 64.7 Å². The predicted molar refractivity (Wildman–Crippen MR) is 75.8 cm³/mol. The summed E-state index contributed by atoms with van der Waals surface area (Å²) in [6, 6.07) is 0. The minimum Gasteiger partial charge on any atom is -0.339 e. The molecule has 3 atom stereocenters. The van der Waals surface area contributed by atoms with E-state index >= 15 is 0 Å². The minimum absolute atomic E-state index is 0.516. The zero-order chi connectivity index (χ0) is 13.7. The molecule has 0 saturated heterocycles. The molecule has 4 nitrogen and oxygen atoms in total. The van der Waals surface area contributed by atoms with Crippen molar-refractivity contribution < 1.29 is 4.52 Å². The van der Waals surface area contributed by atoms with Gasteiger partial charge in [0.05, 0.1) is 0 Å². The SMILES string of the molecule is CC(CCN)CCc1nc(C2CCCC(C)C2)no1. The minimum atomic E-state index is 0.516. The summed E-state index contributed by atoms with van der Waals surface area (Å²) >= 11 is 0. The second kappa shape index (κ2) is 7.04. The van der Waals surface area contributed by atoms with Crippen LogP contribution >= 0.6 is 0 Å². The molecule has 108 valence electrons. The molecule has 1 aromatic heterocycles. The third-order valence-electron chi connectivity index (χ3n) is 4.30. The summed E-state index contributed by atoms with van der Waals surface area (Å²) in [5.41, 5.74) is 5.56. The summed E-state index contributed by atoms with van der Waals surface area (Å²) in [4.78, 5) is 4.59. The number of hydrogen-bond acceptors (Lipinski definition) is 4. The first kappa shape index (κ1) is 14.5. The van der Waals surface area contributed by atoms with Crippen LogP contribution in [0.4, 0.5) is 0 Å². The van der Waals surface area contributed by atoms with Crippen LogP contribution in [0.1, 0.15) is 70.0 Å². The van der Waals surface area contributed by atoms with Gasteiger partial charge in [-0.25, -0.2) is 0 Å². The van der Waals surface area contributed by atoms with E-state index in [2.05, 4.69) is 24.0 Å². The van der Waals surface area contributed by atoms with E-state index in [1.165, 1.54) is 25.7 Å². The topological polar surface area (TPSA) is 64.9 Å². The molecule has 0 radical (unpaired) electrons. The number of aromatic nitrogens is 2. The van der Waals surface area contributed by atoms with Gasteiger partial charge < -0.3 is 10.3 Å². The Morgan fingerprint density at radius 1 is 1.37 bits per heavy atom. The molecular formula is C15H27N3O. The molecule has 1 aliphatic rings. The van der Waals surface area contributed by atoms with Gasteiger partial charge in [-0.2, -0.15) is 4.98 Å². The maximum Gasteiger partial charge on any atom is 0.226 e. The highest BCUT2D eigenvalue weighted by Gasteiger charge is 2.24. The summed E-state index contributed by atoms with van der Waals surface area (Å²) in [7, 11) is 0. The lowest BCUT2D eigenvalue weighted by Crippen LogP contribution is -2.13. The molecule has 2 N–H and O–H groups in total. The van der Waals surface area contributed by atoms with E-state index in [9.17, 15) is 0 Å². The summed E-state index contributed by atoms with van der Waals surface area (Å²) in [5, 5.41) is 4.19. The van der Waals surface area contributed by atoms with Crippen molar-refractivity contribution in [3.8, 4) is 0 Å². The third-order valence-corrected chi connectivity index (χ3v) is 4.30. The first-order chi connectivity index (χ1) is 9.19. The Labute approximate surface area is 116 Å². The van der Waals surface area contributed by atoms with Crippen molar-refractivity contribution in [3.63, 3.8) is 0 Å².